The van der Waals surface area contributed by atoms with Gasteiger partial charge >= 0.3 is 0 Å². The maximum absolute atomic E-state index is 12.0. The van der Waals surface area contributed by atoms with E-state index in [-0.39, 0.29) is 11.9 Å². The lowest BCUT2D eigenvalue weighted by Crippen LogP contribution is -2.39. The van der Waals surface area contributed by atoms with Crippen molar-refractivity contribution in [1.82, 2.24) is 5.32 Å². The zero-order valence-electron chi connectivity index (χ0n) is 9.53. The van der Waals surface area contributed by atoms with Gasteiger partial charge in [0.25, 0.3) is 0 Å². The molecule has 0 saturated carbocycles. The normalized spacial score (nSPS) is 20.7. The van der Waals surface area contributed by atoms with Crippen LogP contribution < -0.4 is 5.32 Å². The van der Waals surface area contributed by atoms with Gasteiger partial charge in [-0.3, -0.25) is 4.79 Å². The zero-order chi connectivity index (χ0) is 11.4. The summed E-state index contributed by atoms with van der Waals surface area (Å²) < 4.78 is 5.52. The number of aryl methyl sites for hydroxylation is 1. The van der Waals surface area contributed by atoms with Gasteiger partial charge in [0.1, 0.15) is 0 Å². The molecule has 1 N–H and O–H groups in total. The summed E-state index contributed by atoms with van der Waals surface area (Å²) in [5.74, 6) is 0.164. The fourth-order valence-electron chi connectivity index (χ4n) is 1.89. The van der Waals surface area contributed by atoms with E-state index in [1.54, 1.807) is 0 Å². The summed E-state index contributed by atoms with van der Waals surface area (Å²) in [6.45, 7) is 4.36. The van der Waals surface area contributed by atoms with E-state index in [0.717, 1.165) is 24.2 Å². The van der Waals surface area contributed by atoms with E-state index in [1.807, 2.05) is 31.2 Å². The van der Waals surface area contributed by atoms with Crippen LogP contribution in [0.25, 0.3) is 0 Å². The van der Waals surface area contributed by atoms with Crippen LogP contribution >= 0.6 is 0 Å². The van der Waals surface area contributed by atoms with Crippen LogP contribution in [0, 0.1) is 6.92 Å². The van der Waals surface area contributed by atoms with Crippen LogP contribution in [0.15, 0.2) is 24.3 Å². The summed E-state index contributed by atoms with van der Waals surface area (Å²) in [4.78, 5) is 12.0. The molecule has 1 heterocycles. The Bertz CT molecular complexity index is 370. The minimum absolute atomic E-state index is 0.0294. The molecule has 1 aliphatic rings. The summed E-state index contributed by atoms with van der Waals surface area (Å²) in [6.07, 6.45) is 0.498. The molecule has 1 aliphatic heterocycles. The molecule has 0 aromatic heterocycles. The molecular formula is C13H17NO2. The van der Waals surface area contributed by atoms with Crippen molar-refractivity contribution in [3.63, 3.8) is 0 Å². The fourth-order valence-corrected chi connectivity index (χ4v) is 1.89. The first-order valence-corrected chi connectivity index (χ1v) is 5.68. The van der Waals surface area contributed by atoms with Crippen molar-refractivity contribution >= 4 is 5.78 Å². The van der Waals surface area contributed by atoms with E-state index in [0.29, 0.717) is 13.0 Å². The van der Waals surface area contributed by atoms with Gasteiger partial charge in [-0.1, -0.05) is 23.8 Å². The van der Waals surface area contributed by atoms with Crippen LogP contribution in [0.1, 0.15) is 22.3 Å². The van der Waals surface area contributed by atoms with Crippen molar-refractivity contribution < 1.29 is 9.53 Å². The number of hydrogen-bond acceptors (Lipinski definition) is 3. The molecule has 0 spiro atoms. The Balaban J connectivity index is 1.97. The Labute approximate surface area is 95.8 Å². The predicted octanol–water partition coefficient (Wildman–Crippen LogP) is 1.56. The molecule has 3 heteroatoms. The molecule has 1 saturated heterocycles. The first kappa shape index (κ1) is 11.3. The third-order valence-corrected chi connectivity index (χ3v) is 2.76. The largest absolute Gasteiger partial charge is 0.375 e. The first-order valence-electron chi connectivity index (χ1n) is 5.68. The number of carbonyl (C=O) groups is 1. The Hall–Kier alpha value is -1.19. The van der Waals surface area contributed by atoms with Crippen molar-refractivity contribution in [2.24, 2.45) is 0 Å². The molecule has 1 aromatic rings. The Morgan fingerprint density at radius 2 is 2.44 bits per heavy atom. The smallest absolute Gasteiger partial charge is 0.165 e. The van der Waals surface area contributed by atoms with Crippen molar-refractivity contribution in [2.75, 3.05) is 19.7 Å². The second-order valence-electron chi connectivity index (χ2n) is 4.19. The molecule has 0 amide bonds. The van der Waals surface area contributed by atoms with Gasteiger partial charge in [0.05, 0.1) is 12.7 Å². The van der Waals surface area contributed by atoms with E-state index in [4.69, 9.17) is 4.74 Å². The molecule has 3 nitrogen and oxygen atoms in total. The number of rotatable bonds is 3. The van der Waals surface area contributed by atoms with E-state index < -0.39 is 0 Å². The number of carbonyl (C=O) groups excluding carboxylic acids is 1. The van der Waals surface area contributed by atoms with Crippen LogP contribution in [-0.2, 0) is 4.74 Å². The quantitative estimate of drug-likeness (QED) is 0.784. The highest BCUT2D eigenvalue weighted by molar-refractivity contribution is 5.96. The van der Waals surface area contributed by atoms with Crippen LogP contribution in [0.3, 0.4) is 0 Å². The van der Waals surface area contributed by atoms with Crippen LogP contribution in [0.4, 0.5) is 0 Å². The zero-order valence-corrected chi connectivity index (χ0v) is 9.53. The molecule has 1 atom stereocenters. The molecule has 0 bridgehead atoms. The van der Waals surface area contributed by atoms with Crippen molar-refractivity contribution in [1.29, 1.82) is 0 Å². The number of benzene rings is 1. The Morgan fingerprint density at radius 1 is 1.56 bits per heavy atom. The lowest BCUT2D eigenvalue weighted by Gasteiger charge is -2.22. The Kier molecular flexibility index (Phi) is 3.70. The van der Waals surface area contributed by atoms with Gasteiger partial charge < -0.3 is 10.1 Å². The Morgan fingerprint density at radius 3 is 3.12 bits per heavy atom. The summed E-state index contributed by atoms with van der Waals surface area (Å²) in [6, 6.07) is 7.71. The molecule has 1 unspecified atom stereocenters. The first-order chi connectivity index (χ1) is 7.75. The minimum atomic E-state index is 0.0294. The van der Waals surface area contributed by atoms with E-state index in [9.17, 15) is 4.79 Å². The molecule has 1 fully saturated rings. The van der Waals surface area contributed by atoms with Crippen molar-refractivity contribution in [2.45, 2.75) is 19.4 Å². The topological polar surface area (TPSA) is 38.3 Å². The number of Topliss-reactive ketones (excluding diaryl/α,β-unsaturated/α-hetero) is 1. The average Bonchev–Trinajstić information content (AvgIpc) is 2.30. The standard InChI is InChI=1S/C13H17NO2/c1-10-3-2-4-11(7-10)13(15)8-12-9-14-5-6-16-12/h2-4,7,12,14H,5-6,8-9H2,1H3. The van der Waals surface area contributed by atoms with Gasteiger partial charge in [0.2, 0.25) is 0 Å². The molecule has 0 aliphatic carbocycles. The third kappa shape index (κ3) is 2.90. The van der Waals surface area contributed by atoms with Gasteiger partial charge in [-0.05, 0) is 13.0 Å². The highest BCUT2D eigenvalue weighted by Gasteiger charge is 2.18. The summed E-state index contributed by atoms with van der Waals surface area (Å²) in [7, 11) is 0. The fraction of sp³-hybridized carbons (Fsp3) is 0.462. The average molecular weight is 219 g/mol. The molecule has 86 valence electrons. The number of morpholine rings is 1. The number of nitrogens with one attached hydrogen (secondary N) is 1. The maximum atomic E-state index is 12.0. The summed E-state index contributed by atoms with van der Waals surface area (Å²) >= 11 is 0. The second kappa shape index (κ2) is 5.23. The van der Waals surface area contributed by atoms with E-state index in [1.165, 1.54) is 0 Å². The highest BCUT2D eigenvalue weighted by atomic mass is 16.5. The number of ketones is 1. The third-order valence-electron chi connectivity index (χ3n) is 2.76. The number of hydrogen-bond donors (Lipinski definition) is 1. The van der Waals surface area contributed by atoms with Crippen LogP contribution in [0.2, 0.25) is 0 Å². The molecule has 16 heavy (non-hydrogen) atoms. The van der Waals surface area contributed by atoms with Gasteiger partial charge in [-0.25, -0.2) is 0 Å². The summed E-state index contributed by atoms with van der Waals surface area (Å²) in [5, 5.41) is 3.23. The maximum Gasteiger partial charge on any atom is 0.165 e. The SMILES string of the molecule is Cc1cccc(C(=O)CC2CNCCO2)c1. The lowest BCUT2D eigenvalue weighted by atomic mass is 10.0. The van der Waals surface area contributed by atoms with E-state index in [2.05, 4.69) is 5.32 Å². The van der Waals surface area contributed by atoms with Crippen LogP contribution in [0.5, 0.6) is 0 Å². The molecule has 0 radical (unpaired) electrons. The number of ether oxygens (including phenoxy) is 1. The van der Waals surface area contributed by atoms with E-state index >= 15 is 0 Å². The van der Waals surface area contributed by atoms with Gasteiger partial charge in [0.15, 0.2) is 5.78 Å². The summed E-state index contributed by atoms with van der Waals surface area (Å²) in [5.41, 5.74) is 1.91. The highest BCUT2D eigenvalue weighted by Crippen LogP contribution is 2.10. The van der Waals surface area contributed by atoms with Crippen LogP contribution in [-0.4, -0.2) is 31.6 Å². The van der Waals surface area contributed by atoms with Gasteiger partial charge in [-0.15, -0.1) is 0 Å². The van der Waals surface area contributed by atoms with Gasteiger partial charge in [-0.2, -0.15) is 0 Å². The second-order valence-corrected chi connectivity index (χ2v) is 4.19. The van der Waals surface area contributed by atoms with Crippen molar-refractivity contribution in [3.8, 4) is 0 Å². The predicted molar refractivity (Wildman–Crippen MR) is 62.7 cm³/mol. The molecular weight excluding hydrogens is 202 g/mol. The molecule has 2 rings (SSSR count). The van der Waals surface area contributed by atoms with Gasteiger partial charge in [0, 0.05) is 25.1 Å². The molecule has 1 aromatic carbocycles. The lowest BCUT2D eigenvalue weighted by molar-refractivity contribution is 0.0240. The van der Waals surface area contributed by atoms with Crippen molar-refractivity contribution in [3.05, 3.63) is 35.4 Å². The minimum Gasteiger partial charge on any atom is -0.375 e. The monoisotopic (exact) mass is 219 g/mol.